The Hall–Kier alpha value is -1.87. The summed E-state index contributed by atoms with van der Waals surface area (Å²) in [6.45, 7) is 2.43. The average molecular weight is 640 g/mol. The molecule has 0 spiro atoms. The number of fused-ring (bicyclic) bond motifs is 1. The number of nitrogens with zero attached hydrogens (tertiary/aromatic N) is 2. The maximum Gasteiger partial charge on any atom is 0.417 e. The average Bonchev–Trinajstić information content (AvgIpc) is 3.19. The first-order valence-electron chi connectivity index (χ1n) is 10.6. The van der Waals surface area contributed by atoms with Crippen LogP contribution in [0.25, 0.3) is 11.1 Å². The van der Waals surface area contributed by atoms with Gasteiger partial charge in [-0.2, -0.15) is 8.78 Å². The van der Waals surface area contributed by atoms with Gasteiger partial charge >= 0.3 is 15.8 Å². The van der Waals surface area contributed by atoms with E-state index in [9.17, 15) is 22.9 Å². The molecule has 1 N–H and O–H groups in total. The molecule has 2 heterocycles. The molecule has 2 aromatic carbocycles. The van der Waals surface area contributed by atoms with Gasteiger partial charge in [0, 0.05) is 72.0 Å². The van der Waals surface area contributed by atoms with E-state index in [4.69, 9.17) is 20.8 Å². The maximum absolute atomic E-state index is 13.6. The smallest absolute Gasteiger partial charge is 0.417 e. The zero-order chi connectivity index (χ0) is 25.2. The third kappa shape index (κ3) is 6.88. The van der Waals surface area contributed by atoms with Gasteiger partial charge in [-0.1, -0.05) is 11.6 Å². The summed E-state index contributed by atoms with van der Waals surface area (Å²) in [5.41, 5.74) is 1.05. The highest BCUT2D eigenvalue weighted by Gasteiger charge is 2.28. The second-order valence-electron chi connectivity index (χ2n) is 7.95. The highest BCUT2D eigenvalue weighted by atomic mass is 127. The molecule has 1 saturated heterocycles. The maximum atomic E-state index is 13.6. The molecule has 3 aromatic rings. The first kappa shape index (κ1) is 26.2. The van der Waals surface area contributed by atoms with Crippen LogP contribution in [0.2, 0.25) is 5.02 Å². The fourth-order valence-electron chi connectivity index (χ4n) is 3.68. The number of nitrogens with one attached hydrogen (secondary N) is 1. The summed E-state index contributed by atoms with van der Waals surface area (Å²) >= 11 is 5.67. The van der Waals surface area contributed by atoms with Gasteiger partial charge in [0.1, 0.15) is 12.4 Å². The van der Waals surface area contributed by atoms with Crippen molar-refractivity contribution in [2.24, 2.45) is 0 Å². The topological polar surface area (TPSA) is 102 Å². The van der Waals surface area contributed by atoms with E-state index < -0.39 is 27.0 Å². The molecule has 1 atom stereocenters. The van der Waals surface area contributed by atoms with E-state index in [1.54, 1.807) is 23.1 Å². The molecule has 188 valence electrons. The summed E-state index contributed by atoms with van der Waals surface area (Å²) in [4.78, 5) is 30.5. The third-order valence-electron chi connectivity index (χ3n) is 5.53. The largest absolute Gasteiger partial charge is 0.611 e. The van der Waals surface area contributed by atoms with Gasteiger partial charge in [0.2, 0.25) is 0 Å². The number of aromatic nitrogens is 1. The van der Waals surface area contributed by atoms with Gasteiger partial charge in [0.25, 0.3) is 0 Å². The number of piperazine rings is 1. The molecule has 1 aliphatic rings. The molecular formula is C22H21ClF2IN3O5S. The summed E-state index contributed by atoms with van der Waals surface area (Å²) in [7, 11) is 0. The lowest BCUT2D eigenvalue weighted by Crippen LogP contribution is -2.49. The van der Waals surface area contributed by atoms with Crippen LogP contribution in [0.15, 0.2) is 50.5 Å². The molecule has 1 amide bonds. The molecule has 35 heavy (non-hydrogen) atoms. The molecule has 0 saturated carbocycles. The minimum absolute atomic E-state index is 0.147. The Bertz CT molecular complexity index is 1260. The van der Waals surface area contributed by atoms with Crippen molar-refractivity contribution < 1.29 is 27.3 Å². The Kier molecular flexibility index (Phi) is 8.26. The number of carbonyl (C=O) groups is 1. The zero-order valence-electron chi connectivity index (χ0n) is 18.3. The van der Waals surface area contributed by atoms with Gasteiger partial charge in [-0.05, 0) is 47.1 Å². The lowest BCUT2D eigenvalue weighted by molar-refractivity contribution is 0.0729. The first-order chi connectivity index (χ1) is 16.6. The molecule has 1 aromatic heterocycles. The van der Waals surface area contributed by atoms with E-state index in [1.165, 1.54) is 18.2 Å². The number of oxazole rings is 1. The summed E-state index contributed by atoms with van der Waals surface area (Å²) in [6, 6.07) is 8.89. The van der Waals surface area contributed by atoms with Crippen molar-refractivity contribution in [2.45, 2.75) is 15.4 Å². The molecule has 4 rings (SSSR count). The predicted molar refractivity (Wildman–Crippen MR) is 136 cm³/mol. The van der Waals surface area contributed by atoms with Gasteiger partial charge in [-0.3, -0.25) is 9.88 Å². The monoisotopic (exact) mass is 639 g/mol. The van der Waals surface area contributed by atoms with Crippen LogP contribution in [0.3, 0.4) is 0 Å². The van der Waals surface area contributed by atoms with Crippen LogP contribution in [0, 0.1) is 0 Å². The molecule has 1 aliphatic heterocycles. The number of H-pyrrole nitrogens is 1. The Morgan fingerprint density at radius 3 is 2.69 bits per heavy atom. The number of hydrogen-bond donors (Lipinski definition) is 1. The van der Waals surface area contributed by atoms with E-state index in [1.807, 2.05) is 0 Å². The second-order valence-corrected chi connectivity index (χ2v) is 11.3. The van der Waals surface area contributed by atoms with Crippen LogP contribution >= 0.6 is 34.2 Å². The highest BCUT2D eigenvalue weighted by Crippen LogP contribution is 2.37. The number of halogens is 4. The van der Waals surface area contributed by atoms with Crippen LogP contribution in [0.1, 0.15) is 11.1 Å². The third-order valence-corrected chi connectivity index (χ3v) is 7.70. The number of aromatic amines is 1. The van der Waals surface area contributed by atoms with Gasteiger partial charge in [-0.15, -0.1) is 0 Å². The Morgan fingerprint density at radius 2 is 1.97 bits per heavy atom. The van der Waals surface area contributed by atoms with E-state index in [-0.39, 0.29) is 17.2 Å². The Morgan fingerprint density at radius 1 is 1.23 bits per heavy atom. The number of rotatable bonds is 7. The molecule has 1 unspecified atom stereocenters. The number of ether oxygens (including phenoxy) is 1. The van der Waals surface area contributed by atoms with Crippen LogP contribution in [-0.2, 0) is 26.4 Å². The first-order valence-corrected chi connectivity index (χ1v) is 13.4. The molecule has 0 radical (unpaired) electrons. The second kappa shape index (κ2) is 11.0. The molecule has 8 nitrogen and oxygen atoms in total. The minimum atomic E-state index is -3.08. The van der Waals surface area contributed by atoms with E-state index in [0.717, 1.165) is 22.6 Å². The lowest BCUT2D eigenvalue weighted by Gasteiger charge is -2.33. The van der Waals surface area contributed by atoms with Crippen LogP contribution < -0.4 is 5.76 Å². The molecule has 13 heteroatoms. The van der Waals surface area contributed by atoms with Crippen LogP contribution in [0.4, 0.5) is 13.6 Å². The van der Waals surface area contributed by atoms with E-state index >= 15 is 0 Å². The van der Waals surface area contributed by atoms with Crippen molar-refractivity contribution in [1.29, 1.82) is 0 Å². The summed E-state index contributed by atoms with van der Waals surface area (Å²) in [5.74, 6) is -0.165. The van der Waals surface area contributed by atoms with Gasteiger partial charge in [-0.25, -0.2) is 9.59 Å². The normalized spacial score (nSPS) is 16.0. The lowest BCUT2D eigenvalue weighted by atomic mass is 10.1. The Balaban J connectivity index is 1.23. The number of amides is 1. The Labute approximate surface area is 220 Å². The number of hydrogen-bond acceptors (Lipinski definition) is 6. The number of benzene rings is 2. The SMILES string of the molecule is O=C(OCc1cc(Cl)cc(C(F)(F)I)c1)N1CCN(CC[S+]([O-])c2ccc3[nH]c(=O)oc3c2)CC1. The van der Waals surface area contributed by atoms with Crippen molar-refractivity contribution in [2.75, 3.05) is 38.5 Å². The van der Waals surface area contributed by atoms with Crippen molar-refractivity contribution in [1.82, 2.24) is 14.8 Å². The van der Waals surface area contributed by atoms with Crippen molar-refractivity contribution in [3.8, 4) is 0 Å². The van der Waals surface area contributed by atoms with Crippen molar-refractivity contribution in [3.05, 3.63) is 63.1 Å². The van der Waals surface area contributed by atoms with Gasteiger partial charge in [0.05, 0.1) is 5.52 Å². The predicted octanol–water partition coefficient (Wildman–Crippen LogP) is 4.32. The summed E-state index contributed by atoms with van der Waals surface area (Å²) in [6.07, 6.45) is -0.530. The number of carbonyl (C=O) groups excluding carboxylic acids is 1. The molecular weight excluding hydrogens is 619 g/mol. The van der Waals surface area contributed by atoms with Crippen LogP contribution in [0.5, 0.6) is 0 Å². The molecule has 0 aliphatic carbocycles. The number of alkyl halides is 3. The van der Waals surface area contributed by atoms with E-state index in [0.29, 0.717) is 60.0 Å². The van der Waals surface area contributed by atoms with Crippen LogP contribution in [-0.4, -0.2) is 63.9 Å². The summed E-state index contributed by atoms with van der Waals surface area (Å²) < 4.78 is 47.1. The van der Waals surface area contributed by atoms with Gasteiger partial charge in [0.15, 0.2) is 10.5 Å². The fraction of sp³-hybridized carbons (Fsp3) is 0.364. The molecule has 1 fully saturated rings. The highest BCUT2D eigenvalue weighted by molar-refractivity contribution is 14.1. The van der Waals surface area contributed by atoms with Crippen molar-refractivity contribution in [3.63, 3.8) is 0 Å². The standard InChI is InChI=1S/C22H21ClF2IN3O5S/c23-16-10-14(9-15(11-16)22(24,25)26)13-33-21(31)29-5-3-28(4-6-29)7-8-35(32)17-1-2-18-19(12-17)34-20(30)27-18/h1-2,9-12H,3-8,13H2,(H,27,30). The van der Waals surface area contributed by atoms with E-state index in [2.05, 4.69) is 9.88 Å². The minimum Gasteiger partial charge on any atom is -0.611 e. The fourth-order valence-corrected chi connectivity index (χ4v) is 5.37. The summed E-state index contributed by atoms with van der Waals surface area (Å²) in [5, 5.41) is 0.147. The molecule has 0 bridgehead atoms. The zero-order valence-corrected chi connectivity index (χ0v) is 22.0. The van der Waals surface area contributed by atoms with Crippen molar-refractivity contribution >= 4 is 62.6 Å². The van der Waals surface area contributed by atoms with Gasteiger partial charge < -0.3 is 18.6 Å². The quantitative estimate of drug-likeness (QED) is 0.235.